The lowest BCUT2D eigenvalue weighted by atomic mass is 9.79. The summed E-state index contributed by atoms with van der Waals surface area (Å²) in [4.78, 5) is 0. The number of hydrogen-bond acceptors (Lipinski definition) is 1. The smallest absolute Gasteiger partial charge is 0.0819 e. The highest BCUT2D eigenvalue weighted by molar-refractivity contribution is 5.14. The summed E-state index contributed by atoms with van der Waals surface area (Å²) in [5, 5.41) is 0. The molecule has 0 saturated carbocycles. The van der Waals surface area contributed by atoms with Gasteiger partial charge in [-0.1, -0.05) is 33.6 Å². The average molecular weight is 139 g/mol. The molecule has 0 radical (unpaired) electrons. The van der Waals surface area contributed by atoms with Crippen LogP contribution in [0.5, 0.6) is 0 Å². The molecule has 0 aliphatic rings. The molecule has 0 aliphatic carbocycles. The van der Waals surface area contributed by atoms with E-state index in [1.807, 2.05) is 0 Å². The number of rotatable bonds is 2. The van der Waals surface area contributed by atoms with E-state index in [1.165, 1.54) is 0 Å². The summed E-state index contributed by atoms with van der Waals surface area (Å²) >= 11 is 0. The number of nitrogens with two attached hydrogens (primary N) is 1. The van der Waals surface area contributed by atoms with Crippen LogP contribution in [-0.4, -0.2) is 5.54 Å². The molecule has 2 N–H and O–H groups in total. The van der Waals surface area contributed by atoms with Gasteiger partial charge in [-0.25, -0.2) is 0 Å². The van der Waals surface area contributed by atoms with E-state index in [4.69, 9.17) is 12.2 Å². The summed E-state index contributed by atoms with van der Waals surface area (Å²) in [5.74, 6) is 3.34. The molecule has 0 bridgehead atoms. The van der Waals surface area contributed by atoms with Crippen molar-refractivity contribution in [3.8, 4) is 12.3 Å². The fourth-order valence-electron chi connectivity index (χ4n) is 1.00. The highest BCUT2D eigenvalue weighted by atomic mass is 14.7. The molecule has 0 amide bonds. The minimum absolute atomic E-state index is 0.345. The normalized spacial score (nSPS) is 12.2. The second-order valence-electron chi connectivity index (χ2n) is 3.39. The Morgan fingerprint density at radius 1 is 1.20 bits per heavy atom. The van der Waals surface area contributed by atoms with Crippen LogP contribution in [0.4, 0.5) is 0 Å². The molecular formula is C9H17N. The van der Waals surface area contributed by atoms with E-state index in [2.05, 4.69) is 33.6 Å². The van der Waals surface area contributed by atoms with Crippen molar-refractivity contribution < 1.29 is 0 Å². The van der Waals surface area contributed by atoms with Crippen LogP contribution in [0.25, 0.3) is 0 Å². The molecule has 1 heteroatoms. The molecule has 58 valence electrons. The van der Waals surface area contributed by atoms with Crippen molar-refractivity contribution in [1.82, 2.24) is 0 Å². The summed E-state index contributed by atoms with van der Waals surface area (Å²) < 4.78 is 0. The van der Waals surface area contributed by atoms with Gasteiger partial charge in [0.15, 0.2) is 0 Å². The maximum Gasteiger partial charge on any atom is 0.0819 e. The van der Waals surface area contributed by atoms with E-state index in [0.29, 0.717) is 11.8 Å². The highest BCUT2D eigenvalue weighted by Crippen LogP contribution is 2.21. The Morgan fingerprint density at radius 2 is 1.50 bits per heavy atom. The minimum Gasteiger partial charge on any atom is -0.315 e. The first-order valence-corrected chi connectivity index (χ1v) is 3.71. The summed E-state index contributed by atoms with van der Waals surface area (Å²) in [7, 11) is 0. The van der Waals surface area contributed by atoms with Crippen LogP contribution in [0.1, 0.15) is 27.7 Å². The Hall–Kier alpha value is -0.480. The maximum atomic E-state index is 5.95. The first-order chi connectivity index (χ1) is 4.45. The van der Waals surface area contributed by atoms with Gasteiger partial charge < -0.3 is 5.73 Å². The SMILES string of the molecule is C#CC(N)(C(C)C)C(C)C. The molecule has 10 heavy (non-hydrogen) atoms. The Kier molecular flexibility index (Phi) is 2.93. The van der Waals surface area contributed by atoms with Crippen molar-refractivity contribution in [3.63, 3.8) is 0 Å². The zero-order valence-corrected chi connectivity index (χ0v) is 7.31. The quantitative estimate of drug-likeness (QED) is 0.578. The fourth-order valence-corrected chi connectivity index (χ4v) is 1.00. The van der Waals surface area contributed by atoms with Crippen molar-refractivity contribution >= 4 is 0 Å². The number of terminal acetylenes is 1. The topological polar surface area (TPSA) is 26.0 Å². The van der Waals surface area contributed by atoms with Crippen LogP contribution in [0.3, 0.4) is 0 Å². The van der Waals surface area contributed by atoms with E-state index in [9.17, 15) is 0 Å². The van der Waals surface area contributed by atoms with Gasteiger partial charge >= 0.3 is 0 Å². The maximum absolute atomic E-state index is 5.95. The lowest BCUT2D eigenvalue weighted by Gasteiger charge is -2.31. The van der Waals surface area contributed by atoms with Gasteiger partial charge in [0.05, 0.1) is 5.54 Å². The van der Waals surface area contributed by atoms with Crippen molar-refractivity contribution in [2.75, 3.05) is 0 Å². The van der Waals surface area contributed by atoms with E-state index in [1.54, 1.807) is 0 Å². The van der Waals surface area contributed by atoms with E-state index in [-0.39, 0.29) is 0 Å². The van der Waals surface area contributed by atoms with Gasteiger partial charge in [0, 0.05) is 0 Å². The second kappa shape index (κ2) is 3.07. The van der Waals surface area contributed by atoms with Crippen molar-refractivity contribution in [2.45, 2.75) is 33.2 Å². The fraction of sp³-hybridized carbons (Fsp3) is 0.778. The second-order valence-corrected chi connectivity index (χ2v) is 3.39. The van der Waals surface area contributed by atoms with E-state index in [0.717, 1.165) is 0 Å². The van der Waals surface area contributed by atoms with Gasteiger partial charge in [-0.2, -0.15) is 0 Å². The van der Waals surface area contributed by atoms with Crippen molar-refractivity contribution in [2.24, 2.45) is 17.6 Å². The van der Waals surface area contributed by atoms with Gasteiger partial charge in [0.25, 0.3) is 0 Å². The molecule has 0 aliphatic heterocycles. The molecule has 0 fully saturated rings. The minimum atomic E-state index is -0.431. The monoisotopic (exact) mass is 139 g/mol. The van der Waals surface area contributed by atoms with Crippen LogP contribution in [0.2, 0.25) is 0 Å². The third kappa shape index (κ3) is 1.52. The van der Waals surface area contributed by atoms with Crippen LogP contribution < -0.4 is 5.73 Å². The Labute approximate surface area is 64.0 Å². The Bertz CT molecular complexity index is 131. The standard InChI is InChI=1S/C9H17N/c1-6-9(10,7(2)3)8(4)5/h1,7-8H,10H2,2-5H3. The Balaban J connectivity index is 4.43. The molecule has 0 aromatic rings. The molecule has 0 aromatic carbocycles. The average Bonchev–Trinajstić information content (AvgIpc) is 1.85. The first kappa shape index (κ1) is 9.52. The third-order valence-corrected chi connectivity index (χ3v) is 2.16. The zero-order chi connectivity index (χ0) is 8.36. The van der Waals surface area contributed by atoms with Crippen LogP contribution in [0.15, 0.2) is 0 Å². The summed E-state index contributed by atoms with van der Waals surface area (Å²) in [5.41, 5.74) is 5.52. The molecule has 0 atom stereocenters. The predicted octanol–water partition coefficient (Wildman–Crippen LogP) is 1.63. The lowest BCUT2D eigenvalue weighted by molar-refractivity contribution is 0.302. The summed E-state index contributed by atoms with van der Waals surface area (Å²) in [6.07, 6.45) is 5.33. The molecule has 1 nitrogen and oxygen atoms in total. The van der Waals surface area contributed by atoms with E-state index >= 15 is 0 Å². The molecule has 0 spiro atoms. The van der Waals surface area contributed by atoms with Gasteiger partial charge in [-0.15, -0.1) is 6.42 Å². The zero-order valence-electron chi connectivity index (χ0n) is 7.31. The predicted molar refractivity (Wildman–Crippen MR) is 45.4 cm³/mol. The van der Waals surface area contributed by atoms with Gasteiger partial charge in [-0.3, -0.25) is 0 Å². The first-order valence-electron chi connectivity index (χ1n) is 3.71. The molecule has 0 heterocycles. The molecule has 0 aromatic heterocycles. The van der Waals surface area contributed by atoms with Crippen molar-refractivity contribution in [3.05, 3.63) is 0 Å². The van der Waals surface area contributed by atoms with Gasteiger partial charge in [0.1, 0.15) is 0 Å². The largest absolute Gasteiger partial charge is 0.315 e. The molecule has 0 saturated heterocycles. The molecule has 0 rings (SSSR count). The van der Waals surface area contributed by atoms with Crippen LogP contribution >= 0.6 is 0 Å². The lowest BCUT2D eigenvalue weighted by Crippen LogP contribution is -2.48. The summed E-state index contributed by atoms with van der Waals surface area (Å²) in [6.45, 7) is 8.22. The van der Waals surface area contributed by atoms with Crippen LogP contribution in [0, 0.1) is 24.2 Å². The van der Waals surface area contributed by atoms with Crippen molar-refractivity contribution in [1.29, 1.82) is 0 Å². The number of hydrogen-bond donors (Lipinski definition) is 1. The van der Waals surface area contributed by atoms with Gasteiger partial charge in [-0.05, 0) is 11.8 Å². The Morgan fingerprint density at radius 3 is 1.50 bits per heavy atom. The molecular weight excluding hydrogens is 122 g/mol. The third-order valence-electron chi connectivity index (χ3n) is 2.16. The summed E-state index contributed by atoms with van der Waals surface area (Å²) in [6, 6.07) is 0. The molecule has 0 unspecified atom stereocenters. The highest BCUT2D eigenvalue weighted by Gasteiger charge is 2.29. The van der Waals surface area contributed by atoms with Crippen LogP contribution in [-0.2, 0) is 0 Å². The van der Waals surface area contributed by atoms with E-state index < -0.39 is 5.54 Å². The van der Waals surface area contributed by atoms with Gasteiger partial charge in [0.2, 0.25) is 0 Å².